The molecule has 0 fully saturated rings. The van der Waals surface area contributed by atoms with Gasteiger partial charge >= 0.3 is 11.9 Å². The predicted molar refractivity (Wildman–Crippen MR) is 84.6 cm³/mol. The number of halogens is 3. The Morgan fingerprint density at radius 3 is 1.90 bits per heavy atom. The monoisotopic (exact) mass is 470 g/mol. The smallest absolute Gasteiger partial charge is 0.366 e. The van der Waals surface area contributed by atoms with E-state index in [1.54, 1.807) is 12.1 Å². The number of carbonyl (C=O) groups is 2. The first-order valence-corrected chi connectivity index (χ1v) is 7.43. The number of rotatable bonds is 4. The first-order valence-electron chi connectivity index (χ1n) is 5.05. The zero-order chi connectivity index (χ0) is 15.3. The van der Waals surface area contributed by atoms with Gasteiger partial charge in [0, 0.05) is 13.4 Å². The van der Waals surface area contributed by atoms with Crippen LogP contribution < -0.4 is 5.43 Å². The van der Waals surface area contributed by atoms with E-state index in [-0.39, 0.29) is 0 Å². The fourth-order valence-electron chi connectivity index (χ4n) is 1.13. The van der Waals surface area contributed by atoms with Crippen molar-refractivity contribution in [3.05, 3.63) is 25.6 Å². The second kappa shape index (κ2) is 7.75. The van der Waals surface area contributed by atoms with Gasteiger partial charge in [-0.1, -0.05) is 15.9 Å². The summed E-state index contributed by atoms with van der Waals surface area (Å²) in [7, 11) is 2.29. The van der Waals surface area contributed by atoms with Crippen molar-refractivity contribution in [2.24, 2.45) is 5.10 Å². The number of benzene rings is 1. The van der Waals surface area contributed by atoms with Crippen molar-refractivity contribution < 1.29 is 19.1 Å². The summed E-state index contributed by atoms with van der Waals surface area (Å²) in [5.74, 6) is -1.79. The minimum absolute atomic E-state index is 0.489. The van der Waals surface area contributed by atoms with Gasteiger partial charge in [-0.15, -0.1) is 0 Å². The number of nitrogens with zero attached hydrogens (tertiary/aromatic N) is 1. The molecule has 0 atom stereocenters. The number of hydrogen-bond acceptors (Lipinski definition) is 6. The van der Waals surface area contributed by atoms with Crippen LogP contribution in [0.15, 0.2) is 30.7 Å². The maximum atomic E-state index is 11.4. The molecule has 1 rings (SSSR count). The van der Waals surface area contributed by atoms with Crippen LogP contribution in [-0.2, 0) is 19.1 Å². The molecular formula is C11H9Br3N2O4. The lowest BCUT2D eigenvalue weighted by Crippen LogP contribution is -2.27. The Balaban J connectivity index is 3.10. The van der Waals surface area contributed by atoms with Crippen LogP contribution >= 0.6 is 47.8 Å². The summed E-state index contributed by atoms with van der Waals surface area (Å²) in [4.78, 5) is 22.9. The molecule has 1 N–H and O–H groups in total. The number of carbonyl (C=O) groups excluding carboxylic acids is 2. The van der Waals surface area contributed by atoms with E-state index in [0.717, 1.165) is 18.7 Å². The number of methoxy groups -OCH3 is 2. The summed E-state index contributed by atoms with van der Waals surface area (Å²) < 4.78 is 11.1. The SMILES string of the molecule is COC(=O)C(=NNc1c(Br)cc(Br)cc1Br)C(=O)OC. The Bertz CT molecular complexity index is 534. The molecule has 0 radical (unpaired) electrons. The van der Waals surface area contributed by atoms with Crippen molar-refractivity contribution in [3.63, 3.8) is 0 Å². The van der Waals surface area contributed by atoms with E-state index >= 15 is 0 Å². The lowest BCUT2D eigenvalue weighted by Gasteiger charge is -2.08. The van der Waals surface area contributed by atoms with Gasteiger partial charge in [0.25, 0.3) is 5.71 Å². The van der Waals surface area contributed by atoms with E-state index in [9.17, 15) is 9.59 Å². The second-order valence-electron chi connectivity index (χ2n) is 3.30. The molecule has 1 aromatic carbocycles. The van der Waals surface area contributed by atoms with Gasteiger partial charge in [0.05, 0.1) is 19.9 Å². The van der Waals surface area contributed by atoms with Crippen LogP contribution in [0.1, 0.15) is 0 Å². The summed E-state index contributed by atoms with van der Waals surface area (Å²) in [6, 6.07) is 3.55. The molecule has 0 spiro atoms. The van der Waals surface area contributed by atoms with Crippen molar-refractivity contribution in [3.8, 4) is 0 Å². The standard InChI is InChI=1S/C11H9Br3N2O4/c1-19-10(17)9(11(18)20-2)16-15-8-6(13)3-5(12)4-7(8)14/h3-4,15H,1-2H3. The minimum atomic E-state index is -0.895. The first-order chi connectivity index (χ1) is 9.40. The molecular weight excluding hydrogens is 464 g/mol. The van der Waals surface area contributed by atoms with Crippen LogP contribution in [0.2, 0.25) is 0 Å². The number of anilines is 1. The quantitative estimate of drug-likeness (QED) is 0.315. The van der Waals surface area contributed by atoms with Gasteiger partial charge < -0.3 is 9.47 Å². The van der Waals surface area contributed by atoms with E-state index in [4.69, 9.17) is 0 Å². The zero-order valence-electron chi connectivity index (χ0n) is 10.4. The first kappa shape index (κ1) is 17.1. The normalized spacial score (nSPS) is 9.65. The van der Waals surface area contributed by atoms with E-state index in [0.29, 0.717) is 14.6 Å². The van der Waals surface area contributed by atoms with E-state index in [2.05, 4.69) is 67.8 Å². The Hall–Kier alpha value is -0.930. The van der Waals surface area contributed by atoms with Crippen molar-refractivity contribution in [2.75, 3.05) is 19.6 Å². The largest absolute Gasteiger partial charge is 0.464 e. The summed E-state index contributed by atoms with van der Waals surface area (Å²) in [5, 5.41) is 3.73. The molecule has 0 bridgehead atoms. The van der Waals surface area contributed by atoms with Gasteiger partial charge in [0.15, 0.2) is 0 Å². The Kier molecular flexibility index (Phi) is 6.63. The lowest BCUT2D eigenvalue weighted by molar-refractivity contribution is -0.138. The average Bonchev–Trinajstić information content (AvgIpc) is 2.40. The van der Waals surface area contributed by atoms with E-state index < -0.39 is 17.7 Å². The Labute approximate surface area is 140 Å². The van der Waals surface area contributed by atoms with Crippen molar-refractivity contribution in [1.29, 1.82) is 0 Å². The fourth-order valence-corrected chi connectivity index (χ4v) is 3.56. The second-order valence-corrected chi connectivity index (χ2v) is 5.92. The van der Waals surface area contributed by atoms with Crippen LogP contribution in [0.5, 0.6) is 0 Å². The highest BCUT2D eigenvalue weighted by atomic mass is 79.9. The summed E-state index contributed by atoms with van der Waals surface area (Å²) in [6.07, 6.45) is 0. The molecule has 0 amide bonds. The van der Waals surface area contributed by atoms with Gasteiger partial charge in [-0.3, -0.25) is 5.43 Å². The maximum absolute atomic E-state index is 11.4. The van der Waals surface area contributed by atoms with Crippen molar-refractivity contribution in [2.45, 2.75) is 0 Å². The molecule has 0 saturated carbocycles. The molecule has 6 nitrogen and oxygen atoms in total. The number of ether oxygens (including phenoxy) is 2. The highest BCUT2D eigenvalue weighted by Gasteiger charge is 2.22. The predicted octanol–water partition coefficient (Wildman–Crippen LogP) is 3.09. The van der Waals surface area contributed by atoms with Crippen molar-refractivity contribution >= 4 is 71.1 Å². The third-order valence-corrected chi connectivity index (χ3v) is 3.75. The van der Waals surface area contributed by atoms with Crippen LogP contribution in [-0.4, -0.2) is 31.9 Å². The molecule has 0 unspecified atom stereocenters. The fraction of sp³-hybridized carbons (Fsp3) is 0.182. The Morgan fingerprint density at radius 1 is 1.05 bits per heavy atom. The van der Waals surface area contributed by atoms with Gasteiger partial charge in [0.2, 0.25) is 0 Å². The lowest BCUT2D eigenvalue weighted by atomic mass is 10.3. The summed E-state index contributed by atoms with van der Waals surface area (Å²) in [6.45, 7) is 0. The topological polar surface area (TPSA) is 77.0 Å². The van der Waals surface area contributed by atoms with Crippen LogP contribution in [0, 0.1) is 0 Å². The van der Waals surface area contributed by atoms with E-state index in [1.807, 2.05) is 0 Å². The highest BCUT2D eigenvalue weighted by molar-refractivity contribution is 9.11. The van der Waals surface area contributed by atoms with Gasteiger partial charge in [-0.25, -0.2) is 9.59 Å². The van der Waals surface area contributed by atoms with Crippen LogP contribution in [0.4, 0.5) is 5.69 Å². The van der Waals surface area contributed by atoms with E-state index in [1.165, 1.54) is 0 Å². The average molecular weight is 473 g/mol. The Morgan fingerprint density at radius 2 is 1.50 bits per heavy atom. The highest BCUT2D eigenvalue weighted by Crippen LogP contribution is 2.34. The van der Waals surface area contributed by atoms with Crippen LogP contribution in [0.25, 0.3) is 0 Å². The molecule has 0 aliphatic heterocycles. The molecule has 108 valence electrons. The van der Waals surface area contributed by atoms with Gasteiger partial charge in [-0.2, -0.15) is 5.10 Å². The molecule has 0 heterocycles. The number of hydrazone groups is 1. The molecule has 1 aromatic rings. The molecule has 20 heavy (non-hydrogen) atoms. The summed E-state index contributed by atoms with van der Waals surface area (Å²) >= 11 is 9.99. The van der Waals surface area contributed by atoms with Crippen molar-refractivity contribution in [1.82, 2.24) is 0 Å². The zero-order valence-corrected chi connectivity index (χ0v) is 15.1. The molecule has 0 aromatic heterocycles. The summed E-state index contributed by atoms with van der Waals surface area (Å²) in [5.41, 5.74) is 2.66. The third-order valence-electron chi connectivity index (χ3n) is 2.04. The number of esters is 2. The minimum Gasteiger partial charge on any atom is -0.464 e. The number of nitrogens with one attached hydrogen (secondary N) is 1. The number of hydrogen-bond donors (Lipinski definition) is 1. The maximum Gasteiger partial charge on any atom is 0.366 e. The molecule has 9 heteroatoms. The molecule has 0 aliphatic carbocycles. The van der Waals surface area contributed by atoms with Gasteiger partial charge in [-0.05, 0) is 44.0 Å². The van der Waals surface area contributed by atoms with Crippen LogP contribution in [0.3, 0.4) is 0 Å². The molecule has 0 saturated heterocycles. The third kappa shape index (κ3) is 4.29. The molecule has 0 aliphatic rings. The van der Waals surface area contributed by atoms with Gasteiger partial charge in [0.1, 0.15) is 0 Å².